The van der Waals surface area contributed by atoms with Crippen LogP contribution in [-0.4, -0.2) is 64.1 Å². The van der Waals surface area contributed by atoms with Crippen molar-refractivity contribution in [1.29, 1.82) is 0 Å². The largest absolute Gasteiger partial charge is 0.383 e. The summed E-state index contributed by atoms with van der Waals surface area (Å²) in [6, 6.07) is 0.963. The second kappa shape index (κ2) is 10.6. The third kappa shape index (κ3) is 8.20. The molecule has 0 aromatic carbocycles. The molecule has 1 N–H and O–H groups in total. The first-order chi connectivity index (χ1) is 9.36. The van der Waals surface area contributed by atoms with Gasteiger partial charge in [-0.1, -0.05) is 27.7 Å². The van der Waals surface area contributed by atoms with E-state index in [-0.39, 0.29) is 5.41 Å². The third-order valence-electron chi connectivity index (χ3n) is 3.81. The SMILES string of the molecule is CCNC(CCN(CCOC)C(C)COC)C(C)(C)C. The smallest absolute Gasteiger partial charge is 0.0615 e. The molecule has 0 fully saturated rings. The first-order valence-electron chi connectivity index (χ1n) is 7.82. The molecule has 2 unspecified atom stereocenters. The lowest BCUT2D eigenvalue weighted by Crippen LogP contribution is -2.45. The van der Waals surface area contributed by atoms with E-state index in [1.165, 1.54) is 0 Å². The zero-order chi connectivity index (χ0) is 15.6. The van der Waals surface area contributed by atoms with E-state index in [4.69, 9.17) is 9.47 Å². The molecule has 0 radical (unpaired) electrons. The standard InChI is InChI=1S/C16H36N2O2/c1-8-17-15(16(3,4)5)9-10-18(11-12-19-6)14(2)13-20-7/h14-15,17H,8-13H2,1-7H3. The van der Waals surface area contributed by atoms with Crippen LogP contribution in [0.2, 0.25) is 0 Å². The Morgan fingerprint density at radius 3 is 2.20 bits per heavy atom. The molecular weight excluding hydrogens is 252 g/mol. The highest BCUT2D eigenvalue weighted by Crippen LogP contribution is 2.22. The van der Waals surface area contributed by atoms with Gasteiger partial charge in [-0.05, 0) is 25.3 Å². The zero-order valence-corrected chi connectivity index (χ0v) is 14.7. The number of nitrogens with zero attached hydrogens (tertiary/aromatic N) is 1. The Kier molecular flexibility index (Phi) is 10.5. The Balaban J connectivity index is 4.46. The first kappa shape index (κ1) is 19.8. The van der Waals surface area contributed by atoms with Gasteiger partial charge in [-0.2, -0.15) is 0 Å². The van der Waals surface area contributed by atoms with Gasteiger partial charge >= 0.3 is 0 Å². The molecule has 0 spiro atoms. The maximum absolute atomic E-state index is 5.29. The zero-order valence-electron chi connectivity index (χ0n) is 14.7. The molecule has 122 valence electrons. The van der Waals surface area contributed by atoms with Crippen molar-refractivity contribution < 1.29 is 9.47 Å². The highest BCUT2D eigenvalue weighted by molar-refractivity contribution is 4.82. The van der Waals surface area contributed by atoms with E-state index in [9.17, 15) is 0 Å². The first-order valence-corrected chi connectivity index (χ1v) is 7.82. The molecule has 4 heteroatoms. The van der Waals surface area contributed by atoms with Crippen molar-refractivity contribution >= 4 is 0 Å². The summed E-state index contributed by atoms with van der Waals surface area (Å²) in [6.45, 7) is 15.9. The minimum Gasteiger partial charge on any atom is -0.383 e. The molecule has 0 aromatic rings. The number of hydrogen-bond donors (Lipinski definition) is 1. The second-order valence-corrected chi connectivity index (χ2v) is 6.60. The molecule has 0 bridgehead atoms. The number of nitrogens with one attached hydrogen (secondary N) is 1. The molecule has 0 aromatic heterocycles. The maximum Gasteiger partial charge on any atom is 0.0615 e. The van der Waals surface area contributed by atoms with Crippen LogP contribution in [0.3, 0.4) is 0 Å². The van der Waals surface area contributed by atoms with E-state index < -0.39 is 0 Å². The molecule has 0 rings (SSSR count). The van der Waals surface area contributed by atoms with Crippen LogP contribution >= 0.6 is 0 Å². The van der Waals surface area contributed by atoms with Crippen molar-refractivity contribution in [2.45, 2.75) is 53.1 Å². The van der Waals surface area contributed by atoms with Crippen molar-refractivity contribution in [3.63, 3.8) is 0 Å². The summed E-state index contributed by atoms with van der Waals surface area (Å²) in [5.41, 5.74) is 0.285. The van der Waals surface area contributed by atoms with E-state index in [0.29, 0.717) is 12.1 Å². The number of rotatable bonds is 11. The second-order valence-electron chi connectivity index (χ2n) is 6.60. The summed E-state index contributed by atoms with van der Waals surface area (Å²) in [7, 11) is 3.53. The summed E-state index contributed by atoms with van der Waals surface area (Å²) >= 11 is 0. The van der Waals surface area contributed by atoms with Gasteiger partial charge in [0.1, 0.15) is 0 Å². The maximum atomic E-state index is 5.29. The molecule has 0 amide bonds. The minimum absolute atomic E-state index is 0.285. The van der Waals surface area contributed by atoms with Gasteiger partial charge in [0, 0.05) is 39.4 Å². The molecule has 2 atom stereocenters. The predicted octanol–water partition coefficient (Wildman–Crippen LogP) is 2.38. The lowest BCUT2D eigenvalue weighted by molar-refractivity contribution is 0.0689. The van der Waals surface area contributed by atoms with Crippen molar-refractivity contribution in [3.8, 4) is 0 Å². The molecular formula is C16H36N2O2. The normalized spacial score (nSPS) is 15.6. The summed E-state index contributed by atoms with van der Waals surface area (Å²) < 4.78 is 10.5. The minimum atomic E-state index is 0.285. The fourth-order valence-corrected chi connectivity index (χ4v) is 2.49. The molecule has 4 nitrogen and oxygen atoms in total. The van der Waals surface area contributed by atoms with E-state index in [2.05, 4.69) is 44.8 Å². The van der Waals surface area contributed by atoms with Gasteiger partial charge in [0.2, 0.25) is 0 Å². The Hall–Kier alpha value is -0.160. The van der Waals surface area contributed by atoms with Gasteiger partial charge in [-0.3, -0.25) is 4.90 Å². The Bertz CT molecular complexity index is 229. The predicted molar refractivity (Wildman–Crippen MR) is 86.3 cm³/mol. The molecule has 0 heterocycles. The Labute approximate surface area is 126 Å². The van der Waals surface area contributed by atoms with Gasteiger partial charge < -0.3 is 14.8 Å². The fourth-order valence-electron chi connectivity index (χ4n) is 2.49. The van der Waals surface area contributed by atoms with Crippen LogP contribution in [0.1, 0.15) is 41.0 Å². The quantitative estimate of drug-likeness (QED) is 0.633. The average molecular weight is 288 g/mol. The van der Waals surface area contributed by atoms with Crippen molar-refractivity contribution in [2.24, 2.45) is 5.41 Å². The average Bonchev–Trinajstić information content (AvgIpc) is 2.36. The van der Waals surface area contributed by atoms with Crippen LogP contribution < -0.4 is 5.32 Å². The molecule has 20 heavy (non-hydrogen) atoms. The van der Waals surface area contributed by atoms with Crippen molar-refractivity contribution in [3.05, 3.63) is 0 Å². The van der Waals surface area contributed by atoms with E-state index in [1.807, 2.05) is 0 Å². The van der Waals surface area contributed by atoms with E-state index >= 15 is 0 Å². The fraction of sp³-hybridized carbons (Fsp3) is 1.00. The van der Waals surface area contributed by atoms with Crippen LogP contribution in [0, 0.1) is 5.41 Å². The van der Waals surface area contributed by atoms with Crippen molar-refractivity contribution in [2.75, 3.05) is 47.1 Å². The lowest BCUT2D eigenvalue weighted by Gasteiger charge is -2.35. The van der Waals surface area contributed by atoms with Gasteiger partial charge in [-0.25, -0.2) is 0 Å². The summed E-state index contributed by atoms with van der Waals surface area (Å²) in [6.07, 6.45) is 1.15. The van der Waals surface area contributed by atoms with Crippen molar-refractivity contribution in [1.82, 2.24) is 10.2 Å². The Morgan fingerprint density at radius 1 is 1.10 bits per heavy atom. The summed E-state index contributed by atoms with van der Waals surface area (Å²) in [5.74, 6) is 0. The van der Waals surface area contributed by atoms with Crippen LogP contribution in [0.4, 0.5) is 0 Å². The summed E-state index contributed by atoms with van der Waals surface area (Å²) in [5, 5.41) is 3.62. The van der Waals surface area contributed by atoms with E-state index in [1.54, 1.807) is 14.2 Å². The van der Waals surface area contributed by atoms with Gasteiger partial charge in [-0.15, -0.1) is 0 Å². The third-order valence-corrected chi connectivity index (χ3v) is 3.81. The monoisotopic (exact) mass is 288 g/mol. The molecule has 0 aliphatic carbocycles. The van der Waals surface area contributed by atoms with Crippen LogP contribution in [0.25, 0.3) is 0 Å². The molecule has 0 aliphatic rings. The number of hydrogen-bond acceptors (Lipinski definition) is 4. The topological polar surface area (TPSA) is 33.7 Å². The van der Waals surface area contributed by atoms with Crippen LogP contribution in [-0.2, 0) is 9.47 Å². The highest BCUT2D eigenvalue weighted by atomic mass is 16.5. The van der Waals surface area contributed by atoms with Crippen LogP contribution in [0.5, 0.6) is 0 Å². The van der Waals surface area contributed by atoms with E-state index in [0.717, 1.165) is 39.3 Å². The van der Waals surface area contributed by atoms with Gasteiger partial charge in [0.05, 0.1) is 13.2 Å². The lowest BCUT2D eigenvalue weighted by atomic mass is 9.84. The van der Waals surface area contributed by atoms with Gasteiger partial charge in [0.25, 0.3) is 0 Å². The number of methoxy groups -OCH3 is 2. The number of ether oxygens (including phenoxy) is 2. The summed E-state index contributed by atoms with van der Waals surface area (Å²) in [4.78, 5) is 2.46. The Morgan fingerprint density at radius 2 is 1.75 bits per heavy atom. The van der Waals surface area contributed by atoms with Crippen LogP contribution in [0.15, 0.2) is 0 Å². The molecule has 0 saturated carbocycles. The molecule has 0 aliphatic heterocycles. The molecule has 0 saturated heterocycles. The highest BCUT2D eigenvalue weighted by Gasteiger charge is 2.25. The van der Waals surface area contributed by atoms with Gasteiger partial charge in [0.15, 0.2) is 0 Å².